The summed E-state index contributed by atoms with van der Waals surface area (Å²) in [5.74, 6) is -1.35. The zero-order chi connectivity index (χ0) is 10.7. The molecule has 0 unspecified atom stereocenters. The molecule has 0 saturated carbocycles. The number of hydrogen-bond acceptors (Lipinski definition) is 4. The first-order valence-corrected chi connectivity index (χ1v) is 4.59. The number of aromatic nitrogens is 1. The van der Waals surface area contributed by atoms with Crippen molar-refractivity contribution >= 4 is 34.4 Å². The zero-order valence-corrected chi connectivity index (χ0v) is 8.96. The summed E-state index contributed by atoms with van der Waals surface area (Å²) in [7, 11) is 0. The number of nitrogens with zero attached hydrogens (tertiary/aromatic N) is 2. The van der Waals surface area contributed by atoms with Gasteiger partial charge in [-0.2, -0.15) is 0 Å². The van der Waals surface area contributed by atoms with Gasteiger partial charge in [-0.1, -0.05) is 0 Å². The Hall–Kier alpha value is -1.25. The molecule has 1 N–H and O–H groups in total. The number of halogens is 1. The fourth-order valence-electron chi connectivity index (χ4n) is 0.905. The van der Waals surface area contributed by atoms with Gasteiger partial charge in [0.1, 0.15) is 0 Å². The van der Waals surface area contributed by atoms with E-state index in [1.54, 1.807) is 22.6 Å². The van der Waals surface area contributed by atoms with Crippen LogP contribution in [-0.4, -0.2) is 21.0 Å². The monoisotopic (exact) mass is 308 g/mol. The third kappa shape index (κ3) is 2.91. The minimum atomic E-state index is -1.03. The van der Waals surface area contributed by atoms with Crippen molar-refractivity contribution in [3.05, 3.63) is 31.5 Å². The molecule has 1 aromatic heterocycles. The number of pyridine rings is 1. The molecule has 0 fully saturated rings. The van der Waals surface area contributed by atoms with Crippen LogP contribution in [-0.2, 0) is 11.2 Å². The Morgan fingerprint density at radius 3 is 2.79 bits per heavy atom. The summed E-state index contributed by atoms with van der Waals surface area (Å²) in [6.07, 6.45) is -0.237. The van der Waals surface area contributed by atoms with E-state index in [9.17, 15) is 14.9 Å². The average Bonchev–Trinajstić information content (AvgIpc) is 2.01. The maximum atomic E-state index is 10.4. The number of rotatable bonds is 3. The lowest BCUT2D eigenvalue weighted by Crippen LogP contribution is -2.02. The molecular formula is C7H5IN2O4. The maximum Gasteiger partial charge on any atom is 0.364 e. The molecule has 1 heterocycles. The van der Waals surface area contributed by atoms with Crippen LogP contribution in [0.5, 0.6) is 0 Å². The smallest absolute Gasteiger partial charge is 0.364 e. The van der Waals surface area contributed by atoms with Gasteiger partial charge in [0.2, 0.25) is 3.70 Å². The van der Waals surface area contributed by atoms with Gasteiger partial charge in [0.05, 0.1) is 6.42 Å². The van der Waals surface area contributed by atoms with Gasteiger partial charge in [-0.05, 0) is 21.5 Å². The van der Waals surface area contributed by atoms with Crippen molar-refractivity contribution in [3.63, 3.8) is 0 Å². The molecule has 1 rings (SSSR count). The summed E-state index contributed by atoms with van der Waals surface area (Å²) in [4.78, 5) is 23.7. The Kier molecular flexibility index (Phi) is 3.33. The van der Waals surface area contributed by atoms with Gasteiger partial charge in [0.15, 0.2) is 0 Å². The van der Waals surface area contributed by atoms with Gasteiger partial charge in [0, 0.05) is 28.7 Å². The van der Waals surface area contributed by atoms with Crippen LogP contribution in [0.3, 0.4) is 0 Å². The molecule has 7 heteroatoms. The highest BCUT2D eigenvalue weighted by atomic mass is 127. The topological polar surface area (TPSA) is 93.3 Å². The molecule has 0 bridgehead atoms. The molecule has 0 spiro atoms. The Morgan fingerprint density at radius 1 is 1.64 bits per heavy atom. The Labute approximate surface area is 92.3 Å². The quantitative estimate of drug-likeness (QED) is 0.392. The SMILES string of the molecule is O=C(O)Cc1cc(I)nc([N+](=O)[O-])c1. The summed E-state index contributed by atoms with van der Waals surface area (Å²) >= 11 is 1.80. The minimum absolute atomic E-state index is 0.237. The molecule has 1 aromatic rings. The van der Waals surface area contributed by atoms with Crippen LogP contribution in [0.15, 0.2) is 12.1 Å². The van der Waals surface area contributed by atoms with E-state index < -0.39 is 10.9 Å². The Balaban J connectivity index is 3.07. The minimum Gasteiger partial charge on any atom is -0.481 e. The lowest BCUT2D eigenvalue weighted by molar-refractivity contribution is -0.389. The van der Waals surface area contributed by atoms with Crippen LogP contribution in [0.4, 0.5) is 5.82 Å². The van der Waals surface area contributed by atoms with E-state index in [1.807, 2.05) is 0 Å². The summed E-state index contributed by atoms with van der Waals surface area (Å²) in [6, 6.07) is 2.66. The van der Waals surface area contributed by atoms with Crippen molar-refractivity contribution < 1.29 is 14.8 Å². The Bertz CT molecular complexity index is 393. The molecule has 0 radical (unpaired) electrons. The molecule has 0 aliphatic carbocycles. The van der Waals surface area contributed by atoms with E-state index in [0.717, 1.165) is 6.07 Å². The van der Waals surface area contributed by atoms with E-state index in [1.165, 1.54) is 6.07 Å². The van der Waals surface area contributed by atoms with Crippen molar-refractivity contribution in [1.82, 2.24) is 4.98 Å². The van der Waals surface area contributed by atoms with Gasteiger partial charge in [0.25, 0.3) is 0 Å². The van der Waals surface area contributed by atoms with E-state index >= 15 is 0 Å². The highest BCUT2D eigenvalue weighted by Gasteiger charge is 2.12. The van der Waals surface area contributed by atoms with Crippen molar-refractivity contribution in [2.75, 3.05) is 0 Å². The molecule has 74 valence electrons. The van der Waals surface area contributed by atoms with E-state index in [2.05, 4.69) is 4.98 Å². The highest BCUT2D eigenvalue weighted by Crippen LogP contribution is 2.14. The largest absolute Gasteiger partial charge is 0.481 e. The van der Waals surface area contributed by atoms with Gasteiger partial charge in [-0.3, -0.25) is 4.79 Å². The molecule has 0 atom stereocenters. The number of carbonyl (C=O) groups is 1. The molecule has 6 nitrogen and oxygen atoms in total. The van der Waals surface area contributed by atoms with E-state index in [4.69, 9.17) is 5.11 Å². The highest BCUT2D eigenvalue weighted by molar-refractivity contribution is 14.1. The van der Waals surface area contributed by atoms with Gasteiger partial charge in [-0.25, -0.2) is 0 Å². The standard InChI is InChI=1S/C7H5IN2O4/c8-5-1-4(3-7(11)12)2-6(9-5)10(13)14/h1-2H,3H2,(H,11,12). The molecule has 0 aliphatic rings. The van der Waals surface area contributed by atoms with Crippen LogP contribution in [0.2, 0.25) is 0 Å². The normalized spacial score (nSPS) is 9.79. The van der Waals surface area contributed by atoms with E-state index in [-0.39, 0.29) is 12.2 Å². The number of hydrogen-bond donors (Lipinski definition) is 1. The number of carboxylic acid groups (broad SMARTS) is 1. The van der Waals surface area contributed by atoms with Crippen LogP contribution in [0.25, 0.3) is 0 Å². The summed E-state index contributed by atoms with van der Waals surface area (Å²) < 4.78 is 0.410. The van der Waals surface area contributed by atoms with Gasteiger partial charge in [-0.15, -0.1) is 0 Å². The molecule has 0 aromatic carbocycles. The summed E-state index contributed by atoms with van der Waals surface area (Å²) in [6.45, 7) is 0. The number of carboxylic acids is 1. The van der Waals surface area contributed by atoms with Crippen molar-refractivity contribution in [1.29, 1.82) is 0 Å². The molecule has 0 aliphatic heterocycles. The van der Waals surface area contributed by atoms with Crippen molar-refractivity contribution in [2.24, 2.45) is 0 Å². The van der Waals surface area contributed by atoms with Gasteiger partial charge < -0.3 is 15.2 Å². The molecule has 14 heavy (non-hydrogen) atoms. The first-order chi connectivity index (χ1) is 6.49. The van der Waals surface area contributed by atoms with Crippen LogP contribution in [0.1, 0.15) is 5.56 Å². The molecule has 0 saturated heterocycles. The summed E-state index contributed by atoms with van der Waals surface area (Å²) in [5, 5.41) is 18.9. The molecule has 0 amide bonds. The van der Waals surface area contributed by atoms with Gasteiger partial charge >= 0.3 is 11.8 Å². The lowest BCUT2D eigenvalue weighted by Gasteiger charge is -1.97. The molecular weight excluding hydrogens is 303 g/mol. The second-order valence-electron chi connectivity index (χ2n) is 2.48. The average molecular weight is 308 g/mol. The van der Waals surface area contributed by atoms with Crippen molar-refractivity contribution in [3.8, 4) is 0 Å². The predicted molar refractivity (Wildman–Crippen MR) is 54.9 cm³/mol. The van der Waals surface area contributed by atoms with Crippen LogP contribution in [0, 0.1) is 13.8 Å². The van der Waals surface area contributed by atoms with Crippen LogP contribution >= 0.6 is 22.6 Å². The number of aliphatic carboxylic acids is 1. The first-order valence-electron chi connectivity index (χ1n) is 3.51. The Morgan fingerprint density at radius 2 is 2.29 bits per heavy atom. The van der Waals surface area contributed by atoms with Crippen molar-refractivity contribution in [2.45, 2.75) is 6.42 Å². The fraction of sp³-hybridized carbons (Fsp3) is 0.143. The summed E-state index contributed by atoms with van der Waals surface area (Å²) in [5.41, 5.74) is 0.378. The third-order valence-corrected chi connectivity index (χ3v) is 1.94. The van der Waals surface area contributed by atoms with Crippen LogP contribution < -0.4 is 0 Å². The number of nitro groups is 1. The second kappa shape index (κ2) is 4.31. The zero-order valence-electron chi connectivity index (χ0n) is 6.81. The predicted octanol–water partition coefficient (Wildman–Crippen LogP) is 1.22. The third-order valence-electron chi connectivity index (χ3n) is 1.38. The lowest BCUT2D eigenvalue weighted by atomic mass is 10.2. The maximum absolute atomic E-state index is 10.4. The fourth-order valence-corrected chi connectivity index (χ4v) is 1.55. The first kappa shape index (κ1) is 10.8. The second-order valence-corrected chi connectivity index (χ2v) is 3.59. The van der Waals surface area contributed by atoms with E-state index in [0.29, 0.717) is 9.26 Å².